The van der Waals surface area contributed by atoms with E-state index in [0.29, 0.717) is 13.1 Å². The quantitative estimate of drug-likeness (QED) is 0.763. The molecule has 0 spiro atoms. The molecule has 6 nitrogen and oxygen atoms in total. The SMILES string of the molecule is CCN(CC)C(=O)NCCn1ccnn1. The maximum atomic E-state index is 11.5. The standard InChI is InChI=1S/C9H17N5O/c1-3-13(4-2)9(15)10-5-7-14-8-6-11-12-14/h6,8H,3-5,7H2,1-2H3,(H,10,15). The molecule has 0 aliphatic heterocycles. The topological polar surface area (TPSA) is 63.1 Å². The van der Waals surface area contributed by atoms with E-state index in [1.54, 1.807) is 22.0 Å². The summed E-state index contributed by atoms with van der Waals surface area (Å²) < 4.78 is 1.68. The fraction of sp³-hybridized carbons (Fsp3) is 0.667. The molecule has 0 unspecified atom stereocenters. The summed E-state index contributed by atoms with van der Waals surface area (Å²) in [6.07, 6.45) is 3.38. The average molecular weight is 211 g/mol. The van der Waals surface area contributed by atoms with Crippen LogP contribution in [0.25, 0.3) is 0 Å². The van der Waals surface area contributed by atoms with Gasteiger partial charge in [0, 0.05) is 25.8 Å². The molecule has 0 saturated carbocycles. The van der Waals surface area contributed by atoms with Crippen LogP contribution < -0.4 is 5.32 Å². The maximum absolute atomic E-state index is 11.5. The van der Waals surface area contributed by atoms with Crippen molar-refractivity contribution in [1.29, 1.82) is 0 Å². The zero-order chi connectivity index (χ0) is 11.1. The Morgan fingerprint density at radius 3 is 2.73 bits per heavy atom. The lowest BCUT2D eigenvalue weighted by molar-refractivity contribution is 0.202. The molecule has 0 fully saturated rings. The molecule has 1 heterocycles. The molecule has 0 aliphatic rings. The monoisotopic (exact) mass is 211 g/mol. The lowest BCUT2D eigenvalue weighted by Crippen LogP contribution is -2.40. The predicted octanol–water partition coefficient (Wildman–Crippen LogP) is 0.329. The third kappa shape index (κ3) is 3.57. The smallest absolute Gasteiger partial charge is 0.317 e. The summed E-state index contributed by atoms with van der Waals surface area (Å²) in [6, 6.07) is -0.0277. The predicted molar refractivity (Wildman–Crippen MR) is 56.3 cm³/mol. The van der Waals surface area contributed by atoms with Gasteiger partial charge in [-0.3, -0.25) is 4.68 Å². The van der Waals surface area contributed by atoms with Gasteiger partial charge in [-0.25, -0.2) is 4.79 Å². The van der Waals surface area contributed by atoms with E-state index in [1.807, 2.05) is 13.8 Å². The molecule has 0 radical (unpaired) electrons. The molecule has 2 amide bonds. The lowest BCUT2D eigenvalue weighted by atomic mass is 10.5. The number of rotatable bonds is 5. The number of nitrogens with zero attached hydrogens (tertiary/aromatic N) is 4. The van der Waals surface area contributed by atoms with E-state index in [9.17, 15) is 4.79 Å². The van der Waals surface area contributed by atoms with Crippen molar-refractivity contribution in [3.05, 3.63) is 12.4 Å². The summed E-state index contributed by atoms with van der Waals surface area (Å²) in [5.74, 6) is 0. The molecule has 1 aromatic heterocycles. The molecule has 1 aromatic rings. The molecule has 0 aromatic carbocycles. The normalized spacial score (nSPS) is 10.0. The number of hydrogen-bond acceptors (Lipinski definition) is 3. The summed E-state index contributed by atoms with van der Waals surface area (Å²) in [5, 5.41) is 10.3. The van der Waals surface area contributed by atoms with Crippen molar-refractivity contribution in [3.8, 4) is 0 Å². The average Bonchev–Trinajstić information content (AvgIpc) is 2.72. The van der Waals surface area contributed by atoms with Crippen LogP contribution >= 0.6 is 0 Å². The van der Waals surface area contributed by atoms with Crippen molar-refractivity contribution in [2.45, 2.75) is 20.4 Å². The Balaban J connectivity index is 2.22. The first-order chi connectivity index (χ1) is 7.27. The van der Waals surface area contributed by atoms with Crippen LogP contribution in [0.1, 0.15) is 13.8 Å². The number of carbonyl (C=O) groups is 1. The Hall–Kier alpha value is -1.59. The maximum Gasteiger partial charge on any atom is 0.317 e. The van der Waals surface area contributed by atoms with Crippen molar-refractivity contribution in [1.82, 2.24) is 25.2 Å². The van der Waals surface area contributed by atoms with Gasteiger partial charge in [-0.2, -0.15) is 0 Å². The second-order valence-electron chi connectivity index (χ2n) is 3.07. The van der Waals surface area contributed by atoms with Crippen molar-refractivity contribution in [2.75, 3.05) is 19.6 Å². The fourth-order valence-corrected chi connectivity index (χ4v) is 1.25. The molecule has 6 heteroatoms. The summed E-state index contributed by atoms with van der Waals surface area (Å²) in [4.78, 5) is 13.2. The Morgan fingerprint density at radius 2 is 2.20 bits per heavy atom. The first-order valence-electron chi connectivity index (χ1n) is 5.14. The molecule has 15 heavy (non-hydrogen) atoms. The van der Waals surface area contributed by atoms with Crippen LogP contribution in [-0.2, 0) is 6.54 Å². The molecule has 1 N–H and O–H groups in total. The minimum absolute atomic E-state index is 0.0277. The third-order valence-electron chi connectivity index (χ3n) is 2.14. The van der Waals surface area contributed by atoms with E-state index in [4.69, 9.17) is 0 Å². The van der Waals surface area contributed by atoms with E-state index < -0.39 is 0 Å². The number of amides is 2. The van der Waals surface area contributed by atoms with Gasteiger partial charge in [0.1, 0.15) is 0 Å². The number of hydrogen-bond donors (Lipinski definition) is 1. The second-order valence-corrected chi connectivity index (χ2v) is 3.07. The van der Waals surface area contributed by atoms with Gasteiger partial charge in [-0.1, -0.05) is 5.21 Å². The van der Waals surface area contributed by atoms with Gasteiger partial charge in [0.2, 0.25) is 0 Å². The highest BCUT2D eigenvalue weighted by Crippen LogP contribution is 1.87. The molecule has 0 saturated heterocycles. The summed E-state index contributed by atoms with van der Waals surface area (Å²) in [7, 11) is 0. The highest BCUT2D eigenvalue weighted by atomic mass is 16.2. The number of carbonyl (C=O) groups excluding carboxylic acids is 1. The van der Waals surface area contributed by atoms with Crippen LogP contribution in [0.2, 0.25) is 0 Å². The van der Waals surface area contributed by atoms with E-state index in [1.165, 1.54) is 0 Å². The van der Waals surface area contributed by atoms with Crippen molar-refractivity contribution < 1.29 is 4.79 Å². The Morgan fingerprint density at radius 1 is 1.47 bits per heavy atom. The van der Waals surface area contributed by atoms with E-state index in [-0.39, 0.29) is 6.03 Å². The van der Waals surface area contributed by atoms with E-state index >= 15 is 0 Å². The molecule has 0 atom stereocenters. The summed E-state index contributed by atoms with van der Waals surface area (Å²) in [5.41, 5.74) is 0. The largest absolute Gasteiger partial charge is 0.336 e. The van der Waals surface area contributed by atoms with E-state index in [0.717, 1.165) is 13.1 Å². The minimum atomic E-state index is -0.0277. The van der Waals surface area contributed by atoms with Gasteiger partial charge >= 0.3 is 6.03 Å². The number of urea groups is 1. The van der Waals surface area contributed by atoms with Crippen LogP contribution in [0.3, 0.4) is 0 Å². The van der Waals surface area contributed by atoms with Crippen molar-refractivity contribution in [3.63, 3.8) is 0 Å². The molecule has 0 aliphatic carbocycles. The van der Waals surface area contributed by atoms with E-state index in [2.05, 4.69) is 15.6 Å². The summed E-state index contributed by atoms with van der Waals surface area (Å²) >= 11 is 0. The molecule has 1 rings (SSSR count). The minimum Gasteiger partial charge on any atom is -0.336 e. The Labute approximate surface area is 89.3 Å². The Kier molecular flexibility index (Phi) is 4.59. The highest BCUT2D eigenvalue weighted by molar-refractivity contribution is 5.73. The van der Waals surface area contributed by atoms with Gasteiger partial charge in [0.25, 0.3) is 0 Å². The second kappa shape index (κ2) is 6.00. The van der Waals surface area contributed by atoms with Crippen LogP contribution in [0, 0.1) is 0 Å². The lowest BCUT2D eigenvalue weighted by Gasteiger charge is -2.18. The number of nitrogens with one attached hydrogen (secondary N) is 1. The first-order valence-corrected chi connectivity index (χ1v) is 5.14. The van der Waals surface area contributed by atoms with Gasteiger partial charge in [0.15, 0.2) is 0 Å². The Bertz CT molecular complexity index is 281. The zero-order valence-electron chi connectivity index (χ0n) is 9.18. The number of aromatic nitrogens is 3. The van der Waals surface area contributed by atoms with Gasteiger partial charge < -0.3 is 10.2 Å². The van der Waals surface area contributed by atoms with Crippen molar-refractivity contribution >= 4 is 6.03 Å². The van der Waals surface area contributed by atoms with Crippen LogP contribution in [-0.4, -0.2) is 45.6 Å². The third-order valence-corrected chi connectivity index (χ3v) is 2.14. The van der Waals surface area contributed by atoms with Crippen LogP contribution in [0.5, 0.6) is 0 Å². The van der Waals surface area contributed by atoms with Gasteiger partial charge in [0.05, 0.1) is 12.7 Å². The fourth-order valence-electron chi connectivity index (χ4n) is 1.25. The molecule has 0 bridgehead atoms. The van der Waals surface area contributed by atoms with Crippen molar-refractivity contribution in [2.24, 2.45) is 0 Å². The molecule has 84 valence electrons. The van der Waals surface area contributed by atoms with Crippen LogP contribution in [0.4, 0.5) is 4.79 Å². The van der Waals surface area contributed by atoms with Gasteiger partial charge in [-0.15, -0.1) is 5.10 Å². The zero-order valence-corrected chi connectivity index (χ0v) is 9.18. The highest BCUT2D eigenvalue weighted by Gasteiger charge is 2.07. The van der Waals surface area contributed by atoms with Crippen LogP contribution in [0.15, 0.2) is 12.4 Å². The van der Waals surface area contributed by atoms with Gasteiger partial charge in [-0.05, 0) is 13.8 Å². The first kappa shape index (κ1) is 11.5. The molecular weight excluding hydrogens is 194 g/mol. The molecular formula is C9H17N5O. The summed E-state index contributed by atoms with van der Waals surface area (Å²) in [6.45, 7) is 6.59.